The van der Waals surface area contributed by atoms with Crippen LogP contribution in [0.5, 0.6) is 0 Å². The minimum atomic E-state index is 0.0511. The van der Waals surface area contributed by atoms with Crippen LogP contribution in [0.2, 0.25) is 0 Å². The molecule has 1 N–H and O–H groups in total. The predicted molar refractivity (Wildman–Crippen MR) is 86.5 cm³/mol. The van der Waals surface area contributed by atoms with Gasteiger partial charge in [0, 0.05) is 22.7 Å². The molecule has 108 valence electrons. The quantitative estimate of drug-likeness (QED) is 0.582. The molecule has 22 heavy (non-hydrogen) atoms. The van der Waals surface area contributed by atoms with E-state index in [1.54, 1.807) is 11.2 Å². The molecule has 4 rings (SSSR count). The van der Waals surface area contributed by atoms with E-state index in [1.807, 2.05) is 60.8 Å². The number of fused-ring (bicyclic) bond motifs is 1. The van der Waals surface area contributed by atoms with Crippen molar-refractivity contribution in [3.05, 3.63) is 71.9 Å². The lowest BCUT2D eigenvalue weighted by molar-refractivity contribution is -0.146. The molecule has 4 nitrogen and oxygen atoms in total. The van der Waals surface area contributed by atoms with Gasteiger partial charge in [-0.2, -0.15) is 5.10 Å². The lowest BCUT2D eigenvalue weighted by Gasteiger charge is -2.36. The maximum Gasteiger partial charge on any atom is 0.245 e. The first-order valence-corrected chi connectivity index (χ1v) is 7.30. The van der Waals surface area contributed by atoms with E-state index >= 15 is 0 Å². The van der Waals surface area contributed by atoms with Gasteiger partial charge >= 0.3 is 0 Å². The summed E-state index contributed by atoms with van der Waals surface area (Å²) in [7, 11) is 0. The zero-order chi connectivity index (χ0) is 14.9. The van der Waals surface area contributed by atoms with Gasteiger partial charge in [0.15, 0.2) is 0 Å². The van der Waals surface area contributed by atoms with Gasteiger partial charge in [0.2, 0.25) is 5.91 Å². The Balaban J connectivity index is 1.60. The first-order chi connectivity index (χ1) is 10.8. The molecule has 1 saturated heterocycles. The number of aromatic amines is 1. The summed E-state index contributed by atoms with van der Waals surface area (Å²) < 4.78 is 0. The molecule has 1 aromatic heterocycles. The molecule has 0 bridgehead atoms. The first-order valence-electron chi connectivity index (χ1n) is 7.30. The summed E-state index contributed by atoms with van der Waals surface area (Å²) >= 11 is 0. The number of nitrogens with one attached hydrogen (secondary N) is 1. The van der Waals surface area contributed by atoms with Crippen molar-refractivity contribution in [1.29, 1.82) is 0 Å². The van der Waals surface area contributed by atoms with Crippen LogP contribution in [-0.2, 0) is 4.79 Å². The zero-order valence-corrected chi connectivity index (χ0v) is 11.9. The van der Waals surface area contributed by atoms with E-state index in [4.69, 9.17) is 0 Å². The number of rotatable bonds is 3. The third kappa shape index (κ3) is 2.09. The summed E-state index contributed by atoms with van der Waals surface area (Å²) in [6.07, 6.45) is 4.19. The van der Waals surface area contributed by atoms with Crippen LogP contribution in [0.4, 0.5) is 0 Å². The van der Waals surface area contributed by atoms with E-state index < -0.39 is 0 Å². The number of hydrogen-bond donors (Lipinski definition) is 1. The largest absolute Gasteiger partial charge is 0.361 e. The second-order valence-electron chi connectivity index (χ2n) is 5.40. The van der Waals surface area contributed by atoms with Crippen molar-refractivity contribution in [1.82, 2.24) is 9.99 Å². The molecule has 0 aliphatic carbocycles. The van der Waals surface area contributed by atoms with E-state index in [2.05, 4.69) is 10.1 Å². The Morgan fingerprint density at radius 2 is 1.86 bits per heavy atom. The molecule has 4 heteroatoms. The van der Waals surface area contributed by atoms with E-state index in [0.29, 0.717) is 6.42 Å². The Kier molecular flexibility index (Phi) is 3.00. The lowest BCUT2D eigenvalue weighted by Crippen LogP contribution is -2.42. The number of nitrogens with zero attached hydrogens (tertiary/aromatic N) is 2. The third-order valence-electron chi connectivity index (χ3n) is 4.05. The van der Waals surface area contributed by atoms with Gasteiger partial charge in [0.05, 0.1) is 18.7 Å². The highest BCUT2D eigenvalue weighted by atomic mass is 16.2. The molecule has 1 amide bonds. The van der Waals surface area contributed by atoms with E-state index in [-0.39, 0.29) is 11.9 Å². The summed E-state index contributed by atoms with van der Waals surface area (Å²) in [5.74, 6) is 0.0601. The monoisotopic (exact) mass is 289 g/mol. The van der Waals surface area contributed by atoms with Crippen LogP contribution in [0.3, 0.4) is 0 Å². The number of β-lactam (4-membered cyclic amide) rings is 1. The van der Waals surface area contributed by atoms with Gasteiger partial charge in [-0.15, -0.1) is 0 Å². The Labute approximate surface area is 128 Å². The summed E-state index contributed by atoms with van der Waals surface area (Å²) in [5.41, 5.74) is 3.18. The highest BCUT2D eigenvalue weighted by Crippen LogP contribution is 2.34. The number of carbonyl (C=O) groups is 1. The molecule has 0 radical (unpaired) electrons. The van der Waals surface area contributed by atoms with Crippen molar-refractivity contribution in [2.45, 2.75) is 12.5 Å². The fourth-order valence-electron chi connectivity index (χ4n) is 2.81. The summed E-state index contributed by atoms with van der Waals surface area (Å²) in [5, 5.41) is 7.07. The van der Waals surface area contributed by atoms with Crippen molar-refractivity contribution < 1.29 is 4.79 Å². The van der Waals surface area contributed by atoms with Gasteiger partial charge in [0.25, 0.3) is 0 Å². The first kappa shape index (κ1) is 12.8. The highest BCUT2D eigenvalue weighted by Gasteiger charge is 2.37. The van der Waals surface area contributed by atoms with E-state index in [9.17, 15) is 4.79 Å². The Morgan fingerprint density at radius 3 is 2.68 bits per heavy atom. The molecule has 1 atom stereocenters. The number of amides is 1. The Morgan fingerprint density at radius 1 is 1.09 bits per heavy atom. The second-order valence-corrected chi connectivity index (χ2v) is 5.40. The average molecular weight is 289 g/mol. The van der Waals surface area contributed by atoms with Crippen molar-refractivity contribution >= 4 is 23.0 Å². The van der Waals surface area contributed by atoms with Crippen LogP contribution in [0, 0.1) is 0 Å². The van der Waals surface area contributed by atoms with Crippen LogP contribution < -0.4 is 0 Å². The third-order valence-corrected chi connectivity index (χ3v) is 4.05. The fraction of sp³-hybridized carbons (Fsp3) is 0.111. The number of hydrazone groups is 1. The standard InChI is InChI=1S/C18H15N3O/c22-18-10-17(13-6-2-1-3-7-13)21(18)20-12-14-11-19-16-9-5-4-8-15(14)16/h1-9,11-12,17,19H,10H2/b20-12-/t17-/m1/s1. The Hall–Kier alpha value is -2.88. The maximum atomic E-state index is 11.8. The maximum absolute atomic E-state index is 11.8. The molecule has 2 heterocycles. The van der Waals surface area contributed by atoms with Gasteiger partial charge in [-0.25, -0.2) is 5.01 Å². The molecule has 0 saturated carbocycles. The van der Waals surface area contributed by atoms with E-state index in [1.165, 1.54) is 0 Å². The van der Waals surface area contributed by atoms with Crippen molar-refractivity contribution in [2.24, 2.45) is 5.10 Å². The van der Waals surface area contributed by atoms with Gasteiger partial charge in [-0.1, -0.05) is 48.5 Å². The molecular formula is C18H15N3O. The van der Waals surface area contributed by atoms with Crippen molar-refractivity contribution in [3.8, 4) is 0 Å². The topological polar surface area (TPSA) is 48.5 Å². The van der Waals surface area contributed by atoms with Gasteiger partial charge in [0.1, 0.15) is 0 Å². The normalized spacial score (nSPS) is 18.1. The van der Waals surface area contributed by atoms with Crippen LogP contribution >= 0.6 is 0 Å². The number of H-pyrrole nitrogens is 1. The number of hydrogen-bond acceptors (Lipinski definition) is 2. The molecule has 1 aliphatic rings. The molecule has 1 aliphatic heterocycles. The molecule has 0 unspecified atom stereocenters. The lowest BCUT2D eigenvalue weighted by atomic mass is 9.96. The molecule has 2 aromatic carbocycles. The second kappa shape index (κ2) is 5.15. The average Bonchev–Trinajstić information content (AvgIpc) is 2.97. The highest BCUT2D eigenvalue weighted by molar-refractivity contribution is 5.99. The van der Waals surface area contributed by atoms with Gasteiger partial charge in [-0.3, -0.25) is 4.79 Å². The Bertz CT molecular complexity index is 851. The summed E-state index contributed by atoms with van der Waals surface area (Å²) in [4.78, 5) is 15.0. The number of benzene rings is 2. The van der Waals surface area contributed by atoms with Gasteiger partial charge in [-0.05, 0) is 11.6 Å². The fourth-order valence-corrected chi connectivity index (χ4v) is 2.81. The van der Waals surface area contributed by atoms with E-state index in [0.717, 1.165) is 22.0 Å². The smallest absolute Gasteiger partial charge is 0.245 e. The SMILES string of the molecule is O=C1C[C@H](c2ccccc2)N1/N=C\c1c[nH]c2ccccc12. The van der Waals surface area contributed by atoms with Crippen molar-refractivity contribution in [3.63, 3.8) is 0 Å². The van der Waals surface area contributed by atoms with Crippen LogP contribution in [0.1, 0.15) is 23.6 Å². The van der Waals surface area contributed by atoms with Crippen LogP contribution in [-0.4, -0.2) is 22.1 Å². The predicted octanol–water partition coefficient (Wildman–Crippen LogP) is 3.48. The number of aromatic nitrogens is 1. The van der Waals surface area contributed by atoms with Crippen LogP contribution in [0.25, 0.3) is 10.9 Å². The molecule has 0 spiro atoms. The van der Waals surface area contributed by atoms with Gasteiger partial charge < -0.3 is 4.98 Å². The number of carbonyl (C=O) groups excluding carboxylic acids is 1. The molecule has 3 aromatic rings. The zero-order valence-electron chi connectivity index (χ0n) is 11.9. The summed E-state index contributed by atoms with van der Waals surface area (Å²) in [6.45, 7) is 0. The molecular weight excluding hydrogens is 274 g/mol. The van der Waals surface area contributed by atoms with Crippen molar-refractivity contribution in [2.75, 3.05) is 0 Å². The molecule has 1 fully saturated rings. The summed E-state index contributed by atoms with van der Waals surface area (Å²) in [6, 6.07) is 18.1. The number of para-hydroxylation sites is 1. The minimum Gasteiger partial charge on any atom is -0.361 e. The van der Waals surface area contributed by atoms with Crippen LogP contribution in [0.15, 0.2) is 65.9 Å². The minimum absolute atomic E-state index is 0.0511.